The second-order valence-corrected chi connectivity index (χ2v) is 8.04. The molecule has 1 fully saturated rings. The van der Waals surface area contributed by atoms with Crippen LogP contribution in [0.4, 0.5) is 10.2 Å². The van der Waals surface area contributed by atoms with E-state index in [0.29, 0.717) is 47.7 Å². The summed E-state index contributed by atoms with van der Waals surface area (Å²) in [4.78, 5) is 25.2. The molecule has 0 unspecified atom stereocenters. The molecule has 0 saturated carbocycles. The van der Waals surface area contributed by atoms with Crippen molar-refractivity contribution in [3.8, 4) is 11.6 Å². The van der Waals surface area contributed by atoms with Gasteiger partial charge in [-0.25, -0.2) is 14.4 Å². The molecule has 160 valence electrons. The van der Waals surface area contributed by atoms with E-state index in [9.17, 15) is 9.18 Å². The Morgan fingerprint density at radius 3 is 2.71 bits per heavy atom. The third kappa shape index (κ3) is 4.89. The molecule has 0 spiro atoms. The summed E-state index contributed by atoms with van der Waals surface area (Å²) < 4.78 is 19.0. The van der Waals surface area contributed by atoms with Gasteiger partial charge in [0, 0.05) is 48.4 Å². The maximum atomic E-state index is 13.3. The van der Waals surface area contributed by atoms with Crippen molar-refractivity contribution in [1.29, 1.82) is 0 Å². The Kier molecular flexibility index (Phi) is 6.25. The predicted molar refractivity (Wildman–Crippen MR) is 118 cm³/mol. The largest absolute Gasteiger partial charge is 0.439 e. The third-order valence-electron chi connectivity index (χ3n) is 5.02. The number of nitrogens with zero attached hydrogens (tertiary/aromatic N) is 4. The molecule has 1 aliphatic rings. The van der Waals surface area contributed by atoms with E-state index in [4.69, 9.17) is 27.9 Å². The van der Waals surface area contributed by atoms with Gasteiger partial charge in [0.2, 0.25) is 5.88 Å². The van der Waals surface area contributed by atoms with Crippen molar-refractivity contribution in [1.82, 2.24) is 14.9 Å². The SMILES string of the molecule is C[C@@H]1CN(c2cc(Oc3ccc(F)c(Cl)c3)ncn2)CCN1C(=O)c1cccc(Cl)c1. The number of rotatable bonds is 4. The number of amides is 1. The fraction of sp³-hybridized carbons (Fsp3) is 0.227. The first-order chi connectivity index (χ1) is 14.9. The first-order valence-electron chi connectivity index (χ1n) is 9.67. The summed E-state index contributed by atoms with van der Waals surface area (Å²) in [7, 11) is 0. The Bertz CT molecular complexity index is 1110. The summed E-state index contributed by atoms with van der Waals surface area (Å²) in [5.74, 6) is 0.810. The molecule has 1 amide bonds. The number of benzene rings is 2. The van der Waals surface area contributed by atoms with Crippen LogP contribution in [-0.2, 0) is 0 Å². The monoisotopic (exact) mass is 460 g/mol. The maximum absolute atomic E-state index is 13.3. The van der Waals surface area contributed by atoms with E-state index < -0.39 is 5.82 Å². The molecule has 0 aliphatic carbocycles. The molecule has 0 N–H and O–H groups in total. The number of aromatic nitrogens is 2. The first-order valence-corrected chi connectivity index (χ1v) is 10.4. The lowest BCUT2D eigenvalue weighted by Gasteiger charge is -2.40. The quantitative estimate of drug-likeness (QED) is 0.544. The van der Waals surface area contributed by atoms with Crippen LogP contribution in [0.3, 0.4) is 0 Å². The Morgan fingerprint density at radius 1 is 1.13 bits per heavy atom. The summed E-state index contributed by atoms with van der Waals surface area (Å²) in [6.07, 6.45) is 1.41. The fourth-order valence-electron chi connectivity index (χ4n) is 3.47. The molecular formula is C22H19Cl2FN4O2. The highest BCUT2D eigenvalue weighted by Crippen LogP contribution is 2.27. The van der Waals surface area contributed by atoms with E-state index in [1.807, 2.05) is 11.8 Å². The van der Waals surface area contributed by atoms with Crippen LogP contribution in [0.25, 0.3) is 0 Å². The van der Waals surface area contributed by atoms with Crippen molar-refractivity contribution < 1.29 is 13.9 Å². The number of hydrogen-bond donors (Lipinski definition) is 0. The lowest BCUT2D eigenvalue weighted by Crippen LogP contribution is -2.54. The second kappa shape index (κ2) is 9.08. The molecule has 1 atom stereocenters. The zero-order valence-electron chi connectivity index (χ0n) is 16.6. The zero-order chi connectivity index (χ0) is 22.0. The highest BCUT2D eigenvalue weighted by molar-refractivity contribution is 6.31. The molecule has 2 aromatic carbocycles. The number of ether oxygens (including phenoxy) is 1. The fourth-order valence-corrected chi connectivity index (χ4v) is 3.84. The molecule has 2 heterocycles. The van der Waals surface area contributed by atoms with Gasteiger partial charge in [-0.1, -0.05) is 29.3 Å². The Morgan fingerprint density at radius 2 is 1.97 bits per heavy atom. The Balaban J connectivity index is 1.45. The van der Waals surface area contributed by atoms with Crippen molar-refractivity contribution in [2.24, 2.45) is 0 Å². The number of hydrogen-bond acceptors (Lipinski definition) is 5. The third-order valence-corrected chi connectivity index (χ3v) is 5.55. The topological polar surface area (TPSA) is 58.6 Å². The molecule has 0 radical (unpaired) electrons. The summed E-state index contributed by atoms with van der Waals surface area (Å²) in [5.41, 5.74) is 0.573. The van der Waals surface area contributed by atoms with Gasteiger partial charge in [-0.2, -0.15) is 0 Å². The number of piperazine rings is 1. The van der Waals surface area contributed by atoms with Gasteiger partial charge >= 0.3 is 0 Å². The van der Waals surface area contributed by atoms with Gasteiger partial charge in [-0.05, 0) is 37.3 Å². The molecule has 0 bridgehead atoms. The molecule has 9 heteroatoms. The van der Waals surface area contributed by atoms with Crippen LogP contribution in [0.5, 0.6) is 11.6 Å². The second-order valence-electron chi connectivity index (χ2n) is 7.20. The normalized spacial score (nSPS) is 16.3. The number of carbonyl (C=O) groups excluding carboxylic acids is 1. The molecular weight excluding hydrogens is 442 g/mol. The molecule has 1 aromatic heterocycles. The van der Waals surface area contributed by atoms with Crippen LogP contribution >= 0.6 is 23.2 Å². The molecule has 31 heavy (non-hydrogen) atoms. The van der Waals surface area contributed by atoms with Crippen molar-refractivity contribution in [3.63, 3.8) is 0 Å². The van der Waals surface area contributed by atoms with Crippen LogP contribution in [0.15, 0.2) is 54.9 Å². The number of carbonyl (C=O) groups is 1. The van der Waals surface area contributed by atoms with E-state index in [-0.39, 0.29) is 17.0 Å². The smallest absolute Gasteiger partial charge is 0.254 e. The average molecular weight is 461 g/mol. The van der Waals surface area contributed by atoms with Crippen LogP contribution in [0.2, 0.25) is 10.0 Å². The lowest BCUT2D eigenvalue weighted by molar-refractivity contribution is 0.0673. The number of anilines is 1. The van der Waals surface area contributed by atoms with Gasteiger partial charge in [0.25, 0.3) is 5.91 Å². The minimum atomic E-state index is -0.517. The standard InChI is InChI=1S/C22H19Cl2FN4O2/c1-14-12-28(7-8-29(14)22(30)15-3-2-4-16(23)9-15)20-11-21(27-13-26-20)31-17-5-6-19(25)18(24)10-17/h2-6,9-11,13-14H,7-8,12H2,1H3/t14-/m1/s1. The maximum Gasteiger partial charge on any atom is 0.254 e. The van der Waals surface area contributed by atoms with E-state index in [1.54, 1.807) is 30.3 Å². The van der Waals surface area contributed by atoms with E-state index in [0.717, 1.165) is 0 Å². The molecule has 1 aliphatic heterocycles. The predicted octanol–water partition coefficient (Wildman–Crippen LogP) is 5.07. The highest BCUT2D eigenvalue weighted by Gasteiger charge is 2.29. The number of halogens is 3. The van der Waals surface area contributed by atoms with Crippen molar-refractivity contribution >= 4 is 34.9 Å². The summed E-state index contributed by atoms with van der Waals surface area (Å²) in [6, 6.07) is 12.7. The summed E-state index contributed by atoms with van der Waals surface area (Å²) >= 11 is 11.8. The van der Waals surface area contributed by atoms with Crippen molar-refractivity contribution in [2.75, 3.05) is 24.5 Å². The molecule has 6 nitrogen and oxygen atoms in total. The lowest BCUT2D eigenvalue weighted by atomic mass is 10.1. The minimum absolute atomic E-state index is 0.0268. The van der Waals surface area contributed by atoms with Gasteiger partial charge in [0.1, 0.15) is 23.7 Å². The molecule has 4 rings (SSSR count). The van der Waals surface area contributed by atoms with E-state index >= 15 is 0 Å². The van der Waals surface area contributed by atoms with Crippen LogP contribution < -0.4 is 9.64 Å². The van der Waals surface area contributed by atoms with E-state index in [2.05, 4.69) is 14.9 Å². The van der Waals surface area contributed by atoms with Crippen LogP contribution in [0, 0.1) is 5.82 Å². The van der Waals surface area contributed by atoms with Crippen molar-refractivity contribution in [2.45, 2.75) is 13.0 Å². The minimum Gasteiger partial charge on any atom is -0.439 e. The highest BCUT2D eigenvalue weighted by atomic mass is 35.5. The Labute approximate surface area is 189 Å². The van der Waals surface area contributed by atoms with Gasteiger partial charge in [0.15, 0.2) is 0 Å². The molecule has 3 aromatic rings. The first kappa shape index (κ1) is 21.3. The Hall–Kier alpha value is -2.90. The van der Waals surface area contributed by atoms with Crippen LogP contribution in [0.1, 0.15) is 17.3 Å². The molecule has 1 saturated heterocycles. The van der Waals surface area contributed by atoms with Gasteiger partial charge in [-0.3, -0.25) is 4.79 Å². The van der Waals surface area contributed by atoms with Gasteiger partial charge < -0.3 is 14.5 Å². The summed E-state index contributed by atoms with van der Waals surface area (Å²) in [5, 5.41) is 0.509. The van der Waals surface area contributed by atoms with Crippen LogP contribution in [-0.4, -0.2) is 46.5 Å². The summed E-state index contributed by atoms with van der Waals surface area (Å²) in [6.45, 7) is 3.74. The van der Waals surface area contributed by atoms with E-state index in [1.165, 1.54) is 24.5 Å². The average Bonchev–Trinajstić information content (AvgIpc) is 2.76. The zero-order valence-corrected chi connectivity index (χ0v) is 18.1. The van der Waals surface area contributed by atoms with Gasteiger partial charge in [0.05, 0.1) is 5.02 Å². The van der Waals surface area contributed by atoms with Gasteiger partial charge in [-0.15, -0.1) is 0 Å². The van der Waals surface area contributed by atoms with Crippen molar-refractivity contribution in [3.05, 3.63) is 76.3 Å².